The molecule has 4 rings (SSSR count). The number of fused-ring (bicyclic) bond motifs is 1. The maximum atomic E-state index is 12.4. The topological polar surface area (TPSA) is 90.9 Å². The van der Waals surface area contributed by atoms with E-state index in [0.717, 1.165) is 10.1 Å². The Morgan fingerprint density at radius 1 is 1.10 bits per heavy atom. The Hall–Kier alpha value is -3.46. The SMILES string of the molecule is Cn1c(=O)c2c(ncn2CCC(=O)Nc2ccc(-c3cccs3)cc2)n(C)c1=O. The van der Waals surface area contributed by atoms with Gasteiger partial charge < -0.3 is 9.88 Å². The normalized spacial score (nSPS) is 11.1. The number of amides is 1. The highest BCUT2D eigenvalue weighted by atomic mass is 32.1. The third kappa shape index (κ3) is 3.52. The van der Waals surface area contributed by atoms with E-state index in [4.69, 9.17) is 0 Å². The van der Waals surface area contributed by atoms with E-state index in [1.54, 1.807) is 23.0 Å². The summed E-state index contributed by atoms with van der Waals surface area (Å²) in [6.45, 7) is 0.281. The summed E-state index contributed by atoms with van der Waals surface area (Å²) in [5.74, 6) is -0.169. The number of nitrogens with one attached hydrogen (secondary N) is 1. The lowest BCUT2D eigenvalue weighted by Gasteiger charge is -2.08. The molecule has 0 saturated heterocycles. The molecule has 9 heteroatoms. The first-order valence-corrected chi connectivity index (χ1v) is 9.88. The Morgan fingerprint density at radius 2 is 1.86 bits per heavy atom. The van der Waals surface area contributed by atoms with Crippen LogP contribution in [0.15, 0.2) is 57.7 Å². The second-order valence-corrected chi connectivity index (χ2v) is 7.62. The molecular formula is C20H19N5O3S. The van der Waals surface area contributed by atoms with Gasteiger partial charge in [0.15, 0.2) is 11.2 Å². The fourth-order valence-corrected chi connectivity index (χ4v) is 3.91. The molecule has 1 amide bonds. The van der Waals surface area contributed by atoms with Gasteiger partial charge in [-0.3, -0.25) is 18.7 Å². The van der Waals surface area contributed by atoms with E-state index in [9.17, 15) is 14.4 Å². The molecule has 0 fully saturated rings. The van der Waals surface area contributed by atoms with Gasteiger partial charge in [-0.15, -0.1) is 11.3 Å². The zero-order chi connectivity index (χ0) is 20.5. The zero-order valence-corrected chi connectivity index (χ0v) is 16.8. The van der Waals surface area contributed by atoms with Gasteiger partial charge in [-0.05, 0) is 29.1 Å². The highest BCUT2D eigenvalue weighted by Crippen LogP contribution is 2.25. The van der Waals surface area contributed by atoms with Crippen LogP contribution in [-0.4, -0.2) is 24.6 Å². The third-order valence-electron chi connectivity index (χ3n) is 4.77. The minimum Gasteiger partial charge on any atom is -0.326 e. The van der Waals surface area contributed by atoms with Gasteiger partial charge in [-0.2, -0.15) is 0 Å². The van der Waals surface area contributed by atoms with Crippen LogP contribution in [0.1, 0.15) is 6.42 Å². The second-order valence-electron chi connectivity index (χ2n) is 6.67. The van der Waals surface area contributed by atoms with Crippen molar-refractivity contribution >= 4 is 34.1 Å². The number of benzene rings is 1. The highest BCUT2D eigenvalue weighted by molar-refractivity contribution is 7.13. The highest BCUT2D eigenvalue weighted by Gasteiger charge is 2.15. The number of aromatic nitrogens is 4. The number of hydrogen-bond donors (Lipinski definition) is 1. The van der Waals surface area contributed by atoms with Gasteiger partial charge >= 0.3 is 5.69 Å². The van der Waals surface area contributed by atoms with Gasteiger partial charge in [0.25, 0.3) is 5.56 Å². The summed E-state index contributed by atoms with van der Waals surface area (Å²) >= 11 is 1.66. The quantitative estimate of drug-likeness (QED) is 0.547. The fourth-order valence-electron chi connectivity index (χ4n) is 3.17. The molecule has 3 heterocycles. The predicted molar refractivity (Wildman–Crippen MR) is 113 cm³/mol. The maximum Gasteiger partial charge on any atom is 0.332 e. The predicted octanol–water partition coefficient (Wildman–Crippen LogP) is 2.19. The van der Waals surface area contributed by atoms with Gasteiger partial charge in [0.05, 0.1) is 6.33 Å². The molecule has 0 aliphatic heterocycles. The standard InChI is InChI=1S/C20H19N5O3S/c1-23-18-17(19(27)24(2)20(23)28)25(12-21-18)10-9-16(26)22-14-7-5-13(6-8-14)15-4-3-11-29-15/h3-8,11-12H,9-10H2,1-2H3,(H,22,26). The molecule has 0 aliphatic rings. The molecule has 0 saturated carbocycles. The molecular weight excluding hydrogens is 390 g/mol. The Kier molecular flexibility index (Phi) is 4.89. The first kappa shape index (κ1) is 18.9. The van der Waals surface area contributed by atoms with Gasteiger partial charge in [0, 0.05) is 37.6 Å². The van der Waals surface area contributed by atoms with E-state index >= 15 is 0 Å². The Labute approximate surface area is 169 Å². The number of carbonyl (C=O) groups excluding carboxylic acids is 1. The molecule has 3 aromatic heterocycles. The van der Waals surface area contributed by atoms with Crippen molar-refractivity contribution in [1.82, 2.24) is 18.7 Å². The molecule has 4 aromatic rings. The summed E-state index contributed by atoms with van der Waals surface area (Å²) < 4.78 is 3.97. The summed E-state index contributed by atoms with van der Waals surface area (Å²) in [6, 6.07) is 11.7. The minimum atomic E-state index is -0.434. The summed E-state index contributed by atoms with van der Waals surface area (Å²) in [5.41, 5.74) is 1.57. The van der Waals surface area contributed by atoms with Crippen LogP contribution in [0.3, 0.4) is 0 Å². The number of anilines is 1. The number of carbonyl (C=O) groups is 1. The summed E-state index contributed by atoms with van der Waals surface area (Å²) in [7, 11) is 2.99. The number of aryl methyl sites for hydroxylation is 2. The molecule has 0 spiro atoms. The number of nitrogens with zero attached hydrogens (tertiary/aromatic N) is 4. The van der Waals surface area contributed by atoms with Gasteiger partial charge in [-0.1, -0.05) is 18.2 Å². The lowest BCUT2D eigenvalue weighted by atomic mass is 10.2. The Balaban J connectivity index is 1.46. The van der Waals surface area contributed by atoms with Crippen molar-refractivity contribution in [2.75, 3.05) is 5.32 Å². The lowest BCUT2D eigenvalue weighted by molar-refractivity contribution is -0.116. The average molecular weight is 409 g/mol. The van der Waals surface area contributed by atoms with Crippen LogP contribution in [0.4, 0.5) is 5.69 Å². The van der Waals surface area contributed by atoms with Crippen LogP contribution in [0.5, 0.6) is 0 Å². The molecule has 148 valence electrons. The van der Waals surface area contributed by atoms with Crippen molar-refractivity contribution in [2.45, 2.75) is 13.0 Å². The number of hydrogen-bond acceptors (Lipinski definition) is 5. The van der Waals surface area contributed by atoms with Gasteiger partial charge in [0.2, 0.25) is 5.91 Å². The van der Waals surface area contributed by atoms with Crippen molar-refractivity contribution in [2.24, 2.45) is 14.1 Å². The molecule has 0 radical (unpaired) electrons. The second kappa shape index (κ2) is 7.51. The van der Waals surface area contributed by atoms with E-state index in [-0.39, 0.29) is 18.9 Å². The summed E-state index contributed by atoms with van der Waals surface area (Å²) in [4.78, 5) is 42.1. The molecule has 8 nitrogen and oxygen atoms in total. The average Bonchev–Trinajstić information content (AvgIpc) is 3.40. The van der Waals surface area contributed by atoms with Gasteiger partial charge in [0.1, 0.15) is 0 Å². The minimum absolute atomic E-state index is 0.169. The summed E-state index contributed by atoms with van der Waals surface area (Å²) in [5, 5.41) is 4.89. The van der Waals surface area contributed by atoms with Crippen LogP contribution in [0, 0.1) is 0 Å². The van der Waals surface area contributed by atoms with Crippen LogP contribution in [0.25, 0.3) is 21.6 Å². The first-order valence-electron chi connectivity index (χ1n) is 9.00. The smallest absolute Gasteiger partial charge is 0.326 e. The molecule has 1 N–H and O–H groups in total. The molecule has 0 atom stereocenters. The number of imidazole rings is 1. The number of thiophene rings is 1. The molecule has 1 aromatic carbocycles. The van der Waals surface area contributed by atoms with Crippen molar-refractivity contribution in [3.8, 4) is 10.4 Å². The van der Waals surface area contributed by atoms with Crippen LogP contribution in [0.2, 0.25) is 0 Å². The van der Waals surface area contributed by atoms with E-state index in [0.29, 0.717) is 16.9 Å². The Morgan fingerprint density at radius 3 is 2.55 bits per heavy atom. The number of rotatable bonds is 5. The van der Waals surface area contributed by atoms with Gasteiger partial charge in [-0.25, -0.2) is 9.78 Å². The fraction of sp³-hybridized carbons (Fsp3) is 0.200. The van der Waals surface area contributed by atoms with Crippen LogP contribution < -0.4 is 16.6 Å². The van der Waals surface area contributed by atoms with E-state index < -0.39 is 11.2 Å². The summed E-state index contributed by atoms with van der Waals surface area (Å²) in [6.07, 6.45) is 1.65. The maximum absolute atomic E-state index is 12.4. The van der Waals surface area contributed by atoms with E-state index in [1.807, 2.05) is 41.8 Å². The molecule has 0 aliphatic carbocycles. The monoisotopic (exact) mass is 409 g/mol. The lowest BCUT2D eigenvalue weighted by Crippen LogP contribution is -2.37. The Bertz CT molecular complexity index is 1300. The van der Waals surface area contributed by atoms with Crippen LogP contribution >= 0.6 is 11.3 Å². The van der Waals surface area contributed by atoms with Crippen molar-refractivity contribution in [3.63, 3.8) is 0 Å². The van der Waals surface area contributed by atoms with Crippen molar-refractivity contribution in [1.29, 1.82) is 0 Å². The van der Waals surface area contributed by atoms with Crippen molar-refractivity contribution in [3.05, 3.63) is 68.9 Å². The molecule has 0 unspecified atom stereocenters. The van der Waals surface area contributed by atoms with Crippen molar-refractivity contribution < 1.29 is 4.79 Å². The molecule has 29 heavy (non-hydrogen) atoms. The zero-order valence-electron chi connectivity index (χ0n) is 16.0. The molecule has 0 bridgehead atoms. The largest absolute Gasteiger partial charge is 0.332 e. The van der Waals surface area contributed by atoms with E-state index in [2.05, 4.69) is 10.3 Å². The van der Waals surface area contributed by atoms with E-state index in [1.165, 1.54) is 22.8 Å². The first-order chi connectivity index (χ1) is 14.0. The van der Waals surface area contributed by atoms with Crippen LogP contribution in [-0.2, 0) is 25.4 Å². The third-order valence-corrected chi connectivity index (χ3v) is 5.69.